The van der Waals surface area contributed by atoms with Gasteiger partial charge in [-0.25, -0.2) is 4.39 Å². The number of rotatable bonds is 3. The first-order chi connectivity index (χ1) is 9.56. The summed E-state index contributed by atoms with van der Waals surface area (Å²) in [5.74, 6) is -0.284. The first kappa shape index (κ1) is 14.0. The van der Waals surface area contributed by atoms with Crippen LogP contribution in [0.4, 0.5) is 4.39 Å². The van der Waals surface area contributed by atoms with Crippen molar-refractivity contribution in [3.8, 4) is 0 Å². The Hall–Kier alpha value is -0.980. The molecule has 0 spiro atoms. The number of halogens is 3. The summed E-state index contributed by atoms with van der Waals surface area (Å²) in [7, 11) is 0. The second-order valence-corrected chi connectivity index (χ2v) is 8.03. The molecule has 1 aromatic carbocycles. The molecule has 102 valence electrons. The van der Waals surface area contributed by atoms with E-state index in [1.165, 1.54) is 17.4 Å². The highest BCUT2D eigenvalue weighted by molar-refractivity contribution is 9.12. The number of fused-ring (bicyclic) bond motifs is 1. The van der Waals surface area contributed by atoms with Crippen LogP contribution in [0.1, 0.15) is 10.4 Å². The second-order valence-electron chi connectivity index (χ2n) is 4.28. The van der Waals surface area contributed by atoms with E-state index >= 15 is 0 Å². The van der Waals surface area contributed by atoms with Gasteiger partial charge in [-0.1, -0.05) is 6.07 Å². The minimum absolute atomic E-state index is 0.0133. The molecule has 2 nitrogen and oxygen atoms in total. The van der Waals surface area contributed by atoms with Crippen molar-refractivity contribution in [1.82, 2.24) is 4.57 Å². The third-order valence-electron chi connectivity index (χ3n) is 3.03. The van der Waals surface area contributed by atoms with Gasteiger partial charge in [0.2, 0.25) is 0 Å². The molecular weight excluding hydrogens is 409 g/mol. The molecule has 3 aromatic rings. The van der Waals surface area contributed by atoms with Crippen LogP contribution in [0.5, 0.6) is 0 Å². The van der Waals surface area contributed by atoms with Gasteiger partial charge in [0.1, 0.15) is 5.82 Å². The van der Waals surface area contributed by atoms with Crippen molar-refractivity contribution in [1.29, 1.82) is 0 Å². The zero-order valence-corrected chi connectivity index (χ0v) is 14.1. The average molecular weight is 417 g/mol. The first-order valence-electron chi connectivity index (χ1n) is 5.77. The molecule has 2 heterocycles. The number of aromatic nitrogens is 1. The summed E-state index contributed by atoms with van der Waals surface area (Å²) in [6.07, 6.45) is 1.74. The van der Waals surface area contributed by atoms with Gasteiger partial charge in [-0.15, -0.1) is 11.3 Å². The van der Waals surface area contributed by atoms with Crippen LogP contribution in [0.2, 0.25) is 0 Å². The molecule has 2 aromatic heterocycles. The zero-order chi connectivity index (χ0) is 14.3. The second kappa shape index (κ2) is 5.42. The molecule has 0 unspecified atom stereocenters. The van der Waals surface area contributed by atoms with E-state index in [2.05, 4.69) is 31.9 Å². The van der Waals surface area contributed by atoms with Crippen LogP contribution in [-0.2, 0) is 6.54 Å². The molecule has 0 amide bonds. The molecule has 6 heteroatoms. The molecule has 20 heavy (non-hydrogen) atoms. The number of Topliss-reactive ketones (excluding diaryl/α,β-unsaturated/α-hetero) is 1. The van der Waals surface area contributed by atoms with Crippen molar-refractivity contribution >= 4 is 59.9 Å². The number of ketones is 1. The number of nitrogens with zero attached hydrogens (tertiary/aromatic N) is 1. The minimum atomic E-state index is -0.270. The topological polar surface area (TPSA) is 22.0 Å². The first-order valence-corrected chi connectivity index (χ1v) is 8.18. The van der Waals surface area contributed by atoms with Crippen LogP contribution in [0.15, 0.2) is 44.1 Å². The lowest BCUT2D eigenvalue weighted by molar-refractivity contribution is 0.0973. The van der Waals surface area contributed by atoms with Gasteiger partial charge in [-0.2, -0.15) is 0 Å². The van der Waals surface area contributed by atoms with Crippen molar-refractivity contribution in [3.05, 3.63) is 55.5 Å². The summed E-state index contributed by atoms with van der Waals surface area (Å²) in [6.45, 7) is 0.189. The molecule has 0 N–H and O–H groups in total. The number of carbonyl (C=O) groups is 1. The van der Waals surface area contributed by atoms with Crippen molar-refractivity contribution in [2.75, 3.05) is 0 Å². The standard InChI is InChI=1S/C14H8Br2FNOS/c15-13-6-9(14(16)20-13)12(19)7-18-5-4-8-10(17)2-1-3-11(8)18/h1-6H,7H2. The van der Waals surface area contributed by atoms with Gasteiger partial charge < -0.3 is 4.57 Å². The average Bonchev–Trinajstić information content (AvgIpc) is 2.94. The molecule has 3 rings (SSSR count). The summed E-state index contributed by atoms with van der Waals surface area (Å²) in [4.78, 5) is 12.3. The largest absolute Gasteiger partial charge is 0.340 e. The Kier molecular flexibility index (Phi) is 3.79. The smallest absolute Gasteiger partial charge is 0.184 e. The van der Waals surface area contributed by atoms with Gasteiger partial charge in [0.05, 0.1) is 19.6 Å². The van der Waals surface area contributed by atoms with E-state index in [9.17, 15) is 9.18 Å². The summed E-state index contributed by atoms with van der Waals surface area (Å²) in [5.41, 5.74) is 1.36. The number of carbonyl (C=O) groups excluding carboxylic acids is 1. The normalized spacial score (nSPS) is 11.2. The third kappa shape index (κ3) is 2.47. The Bertz CT molecular complexity index is 809. The number of hydrogen-bond donors (Lipinski definition) is 0. The summed E-state index contributed by atoms with van der Waals surface area (Å²) in [6, 6.07) is 8.36. The summed E-state index contributed by atoms with van der Waals surface area (Å²) >= 11 is 8.20. The highest BCUT2D eigenvalue weighted by Crippen LogP contribution is 2.32. The van der Waals surface area contributed by atoms with Crippen molar-refractivity contribution < 1.29 is 9.18 Å². The van der Waals surface area contributed by atoms with E-state index in [1.54, 1.807) is 29.0 Å². The maximum absolute atomic E-state index is 13.6. The quantitative estimate of drug-likeness (QED) is 0.534. The van der Waals surface area contributed by atoms with Gasteiger partial charge in [0.25, 0.3) is 0 Å². The van der Waals surface area contributed by atoms with E-state index < -0.39 is 0 Å². The Morgan fingerprint density at radius 2 is 2.10 bits per heavy atom. The highest BCUT2D eigenvalue weighted by Gasteiger charge is 2.15. The Morgan fingerprint density at radius 1 is 1.30 bits per heavy atom. The molecular formula is C14H8Br2FNOS. The Labute approximate surface area is 135 Å². The predicted molar refractivity (Wildman–Crippen MR) is 85.9 cm³/mol. The van der Waals surface area contributed by atoms with E-state index in [0.717, 1.165) is 13.1 Å². The van der Waals surface area contributed by atoms with Crippen molar-refractivity contribution in [3.63, 3.8) is 0 Å². The highest BCUT2D eigenvalue weighted by atomic mass is 79.9. The lowest BCUT2D eigenvalue weighted by Crippen LogP contribution is -2.09. The fraction of sp³-hybridized carbons (Fsp3) is 0.0714. The lowest BCUT2D eigenvalue weighted by Gasteiger charge is -2.04. The molecule has 0 aliphatic carbocycles. The van der Waals surface area contributed by atoms with E-state index in [-0.39, 0.29) is 18.1 Å². The monoisotopic (exact) mass is 415 g/mol. The maximum Gasteiger partial charge on any atom is 0.184 e. The van der Waals surface area contributed by atoms with Crippen LogP contribution >= 0.6 is 43.2 Å². The van der Waals surface area contributed by atoms with Crippen LogP contribution in [-0.4, -0.2) is 10.4 Å². The molecule has 0 atom stereocenters. The Balaban J connectivity index is 1.96. The molecule has 0 aliphatic heterocycles. The molecule has 0 bridgehead atoms. The summed E-state index contributed by atoms with van der Waals surface area (Å²) < 4.78 is 17.1. The fourth-order valence-corrected chi connectivity index (χ4v) is 4.95. The molecule has 0 saturated heterocycles. The van der Waals surface area contributed by atoms with Crippen molar-refractivity contribution in [2.45, 2.75) is 6.54 Å². The predicted octanol–water partition coefficient (Wildman–Crippen LogP) is 5.25. The van der Waals surface area contributed by atoms with Gasteiger partial charge in [0.15, 0.2) is 5.78 Å². The van der Waals surface area contributed by atoms with Crippen LogP contribution < -0.4 is 0 Å². The molecule has 0 saturated carbocycles. The van der Waals surface area contributed by atoms with E-state index in [4.69, 9.17) is 0 Å². The molecule has 0 aliphatic rings. The number of thiophene rings is 1. The third-order valence-corrected chi connectivity index (χ3v) is 5.37. The van der Waals surface area contributed by atoms with Crippen LogP contribution in [0.25, 0.3) is 10.9 Å². The van der Waals surface area contributed by atoms with Gasteiger partial charge >= 0.3 is 0 Å². The van der Waals surface area contributed by atoms with E-state index in [0.29, 0.717) is 10.9 Å². The lowest BCUT2D eigenvalue weighted by atomic mass is 10.2. The minimum Gasteiger partial charge on any atom is -0.340 e. The SMILES string of the molecule is O=C(Cn1ccc2c(F)cccc21)c1cc(Br)sc1Br. The van der Waals surface area contributed by atoms with Crippen molar-refractivity contribution in [2.24, 2.45) is 0 Å². The van der Waals surface area contributed by atoms with Gasteiger partial charge in [0, 0.05) is 17.1 Å². The van der Waals surface area contributed by atoms with Crippen LogP contribution in [0.3, 0.4) is 0 Å². The molecule has 0 radical (unpaired) electrons. The number of benzene rings is 1. The maximum atomic E-state index is 13.6. The van der Waals surface area contributed by atoms with Gasteiger partial charge in [-0.3, -0.25) is 4.79 Å². The zero-order valence-electron chi connectivity index (χ0n) is 10.1. The fourth-order valence-electron chi connectivity index (χ4n) is 2.09. The Morgan fingerprint density at radius 3 is 2.80 bits per heavy atom. The summed E-state index contributed by atoms with van der Waals surface area (Å²) in [5, 5.41) is 0.533. The van der Waals surface area contributed by atoms with Crippen LogP contribution in [0, 0.1) is 5.82 Å². The molecule has 0 fully saturated rings. The van der Waals surface area contributed by atoms with Gasteiger partial charge in [-0.05, 0) is 56.1 Å². The number of hydrogen-bond acceptors (Lipinski definition) is 2. The van der Waals surface area contributed by atoms with E-state index in [1.807, 2.05) is 6.07 Å².